The number of rotatable bonds is 6. The maximum Gasteiger partial charge on any atom is 0.247 e. The van der Waals surface area contributed by atoms with Gasteiger partial charge in [-0.05, 0) is 35.9 Å². The van der Waals surface area contributed by atoms with Crippen LogP contribution in [0.2, 0.25) is 0 Å². The molecule has 1 amide bonds. The summed E-state index contributed by atoms with van der Waals surface area (Å²) in [6, 6.07) is 15.7. The third kappa shape index (κ3) is 4.64. The summed E-state index contributed by atoms with van der Waals surface area (Å²) in [5.41, 5.74) is 0.973. The molecule has 31 heavy (non-hydrogen) atoms. The number of halogens is 2. The fourth-order valence-electron chi connectivity index (χ4n) is 2.93. The van der Waals surface area contributed by atoms with Crippen molar-refractivity contribution in [3.63, 3.8) is 0 Å². The van der Waals surface area contributed by atoms with Crippen LogP contribution in [0.15, 0.2) is 76.1 Å². The molecule has 1 heterocycles. The van der Waals surface area contributed by atoms with Crippen molar-refractivity contribution in [3.8, 4) is 0 Å². The number of hydrogen-bond acceptors (Lipinski definition) is 6. The van der Waals surface area contributed by atoms with Crippen LogP contribution in [0.3, 0.4) is 0 Å². The molecule has 0 aliphatic carbocycles. The van der Waals surface area contributed by atoms with Crippen LogP contribution >= 0.6 is 27.7 Å². The van der Waals surface area contributed by atoms with Gasteiger partial charge in [0.25, 0.3) is 0 Å². The number of fused-ring (bicyclic) bond motifs is 1. The Balaban J connectivity index is 1.70. The van der Waals surface area contributed by atoms with Crippen molar-refractivity contribution in [2.24, 2.45) is 0 Å². The molecule has 0 aliphatic heterocycles. The van der Waals surface area contributed by atoms with Gasteiger partial charge in [0.2, 0.25) is 15.9 Å². The number of nitrogens with one attached hydrogen (secondary N) is 2. The number of aromatic nitrogens is 2. The molecule has 3 aromatic carbocycles. The van der Waals surface area contributed by atoms with Gasteiger partial charge in [0, 0.05) is 4.47 Å². The number of hydrogen-bond donors (Lipinski definition) is 2. The van der Waals surface area contributed by atoms with E-state index < -0.39 is 27.8 Å². The summed E-state index contributed by atoms with van der Waals surface area (Å²) in [6.45, 7) is 0. The first-order valence-electron chi connectivity index (χ1n) is 8.89. The van der Waals surface area contributed by atoms with Crippen LogP contribution in [-0.2, 0) is 14.8 Å². The van der Waals surface area contributed by atoms with E-state index in [1.807, 2.05) is 0 Å². The average molecular weight is 521 g/mol. The zero-order valence-corrected chi connectivity index (χ0v) is 18.8. The van der Waals surface area contributed by atoms with E-state index in [1.54, 1.807) is 48.5 Å². The fraction of sp³-hybridized carbons (Fsp3) is 0.0500. The number of benzene rings is 3. The molecule has 0 radical (unpaired) electrons. The topological polar surface area (TPSA) is 101 Å². The highest BCUT2D eigenvalue weighted by Crippen LogP contribution is 2.25. The van der Waals surface area contributed by atoms with E-state index in [0.29, 0.717) is 15.6 Å². The van der Waals surface area contributed by atoms with Gasteiger partial charge in [-0.15, -0.1) is 0 Å². The highest BCUT2D eigenvalue weighted by atomic mass is 79.9. The standard InChI is InChI=1S/C20H14BrFN4O3S2/c21-13-9-10-15(14(22)11-13)23-20(27)18(12-5-2-1-3-6-12)26-31(28,29)17-8-4-7-16-19(17)25-30-24-16/h1-11,18,26H,(H,23,27)/t18-/m1/s1. The van der Waals surface area contributed by atoms with Crippen molar-refractivity contribution in [1.82, 2.24) is 13.5 Å². The number of anilines is 1. The van der Waals surface area contributed by atoms with Crippen LogP contribution in [0.5, 0.6) is 0 Å². The van der Waals surface area contributed by atoms with Gasteiger partial charge in [0.1, 0.15) is 27.8 Å². The minimum absolute atomic E-state index is 0.0702. The second-order valence-corrected chi connectivity index (χ2v) is 9.59. The van der Waals surface area contributed by atoms with Crippen LogP contribution < -0.4 is 10.0 Å². The number of nitrogens with zero attached hydrogens (tertiary/aromatic N) is 2. The first-order chi connectivity index (χ1) is 14.8. The first kappa shape index (κ1) is 21.5. The predicted octanol–water partition coefficient (Wildman–Crippen LogP) is 4.25. The lowest BCUT2D eigenvalue weighted by Gasteiger charge is -2.19. The van der Waals surface area contributed by atoms with Gasteiger partial charge in [0.15, 0.2) is 0 Å². The van der Waals surface area contributed by atoms with Crippen LogP contribution in [0, 0.1) is 5.82 Å². The normalized spacial score (nSPS) is 12.6. The molecule has 1 aromatic heterocycles. The summed E-state index contributed by atoms with van der Waals surface area (Å²) in [7, 11) is -4.17. The van der Waals surface area contributed by atoms with Gasteiger partial charge in [-0.25, -0.2) is 12.8 Å². The van der Waals surface area contributed by atoms with E-state index in [2.05, 4.69) is 34.7 Å². The average Bonchev–Trinajstić information content (AvgIpc) is 3.23. The summed E-state index contributed by atoms with van der Waals surface area (Å²) in [5.74, 6) is -1.39. The van der Waals surface area contributed by atoms with Crippen molar-refractivity contribution in [3.05, 3.63) is 82.6 Å². The molecule has 0 aliphatic rings. The molecule has 2 N–H and O–H groups in total. The second-order valence-electron chi connectivity index (χ2n) is 6.47. The highest BCUT2D eigenvalue weighted by Gasteiger charge is 2.29. The Morgan fingerprint density at radius 3 is 2.55 bits per heavy atom. The van der Waals surface area contributed by atoms with Crippen molar-refractivity contribution in [2.75, 3.05) is 5.32 Å². The Bertz CT molecular complexity index is 1360. The predicted molar refractivity (Wildman–Crippen MR) is 120 cm³/mol. The SMILES string of the molecule is O=C(Nc1ccc(Br)cc1F)[C@H](NS(=O)(=O)c1cccc2nsnc12)c1ccccc1. The quantitative estimate of drug-likeness (QED) is 0.395. The van der Waals surface area contributed by atoms with Crippen molar-refractivity contribution in [2.45, 2.75) is 10.9 Å². The zero-order valence-electron chi connectivity index (χ0n) is 15.6. The molecule has 7 nitrogen and oxygen atoms in total. The Hall–Kier alpha value is -2.73. The lowest BCUT2D eigenvalue weighted by molar-refractivity contribution is -0.117. The van der Waals surface area contributed by atoms with E-state index in [1.165, 1.54) is 18.2 Å². The molecule has 158 valence electrons. The smallest absolute Gasteiger partial charge is 0.247 e. The molecule has 0 saturated carbocycles. The summed E-state index contributed by atoms with van der Waals surface area (Å²) >= 11 is 4.05. The Kier molecular flexibility index (Phi) is 6.10. The lowest BCUT2D eigenvalue weighted by Crippen LogP contribution is -2.37. The number of sulfonamides is 1. The summed E-state index contributed by atoms with van der Waals surface area (Å²) in [6.07, 6.45) is 0. The zero-order chi connectivity index (χ0) is 22.0. The highest BCUT2D eigenvalue weighted by molar-refractivity contribution is 9.10. The third-order valence-corrected chi connectivity index (χ3v) is 6.89. The van der Waals surface area contributed by atoms with Crippen LogP contribution in [-0.4, -0.2) is 23.1 Å². The van der Waals surface area contributed by atoms with Gasteiger partial charge >= 0.3 is 0 Å². The molecular weight excluding hydrogens is 507 g/mol. The molecule has 0 unspecified atom stereocenters. The minimum atomic E-state index is -4.17. The van der Waals surface area contributed by atoms with E-state index in [0.717, 1.165) is 11.7 Å². The molecule has 1 atom stereocenters. The summed E-state index contributed by atoms with van der Waals surface area (Å²) in [5, 5.41) is 2.45. The maximum atomic E-state index is 14.2. The Morgan fingerprint density at radius 2 is 1.81 bits per heavy atom. The van der Waals surface area contributed by atoms with E-state index in [4.69, 9.17) is 0 Å². The van der Waals surface area contributed by atoms with E-state index in [-0.39, 0.29) is 16.1 Å². The molecule has 0 spiro atoms. The minimum Gasteiger partial charge on any atom is -0.322 e. The van der Waals surface area contributed by atoms with Crippen molar-refractivity contribution < 1.29 is 17.6 Å². The fourth-order valence-corrected chi connectivity index (χ4v) is 5.21. The monoisotopic (exact) mass is 520 g/mol. The Morgan fingerprint density at radius 1 is 1.03 bits per heavy atom. The lowest BCUT2D eigenvalue weighted by atomic mass is 10.1. The van der Waals surface area contributed by atoms with Crippen LogP contribution in [0.25, 0.3) is 11.0 Å². The van der Waals surface area contributed by atoms with Gasteiger partial charge in [0.05, 0.1) is 17.4 Å². The van der Waals surface area contributed by atoms with Gasteiger partial charge in [-0.3, -0.25) is 4.79 Å². The second kappa shape index (κ2) is 8.79. The third-order valence-electron chi connectivity index (χ3n) is 4.40. The molecular formula is C20H14BrFN4O3S2. The van der Waals surface area contributed by atoms with Gasteiger partial charge in [-0.2, -0.15) is 13.5 Å². The van der Waals surface area contributed by atoms with Crippen molar-refractivity contribution >= 4 is 60.3 Å². The maximum absolute atomic E-state index is 14.2. The number of amides is 1. The first-order valence-corrected chi connectivity index (χ1v) is 11.9. The van der Waals surface area contributed by atoms with Gasteiger partial charge < -0.3 is 5.32 Å². The largest absolute Gasteiger partial charge is 0.322 e. The van der Waals surface area contributed by atoms with Crippen LogP contribution in [0.4, 0.5) is 10.1 Å². The molecule has 0 bridgehead atoms. The molecule has 4 aromatic rings. The summed E-state index contributed by atoms with van der Waals surface area (Å²) < 4.78 is 51.6. The van der Waals surface area contributed by atoms with Crippen molar-refractivity contribution in [1.29, 1.82) is 0 Å². The molecule has 0 saturated heterocycles. The Labute approximate surface area is 189 Å². The van der Waals surface area contributed by atoms with Gasteiger partial charge in [-0.1, -0.05) is 52.3 Å². The molecule has 11 heteroatoms. The molecule has 4 rings (SSSR count). The number of carbonyl (C=O) groups is 1. The molecule has 0 fully saturated rings. The van der Waals surface area contributed by atoms with Crippen LogP contribution in [0.1, 0.15) is 11.6 Å². The summed E-state index contributed by atoms with van der Waals surface area (Å²) in [4.78, 5) is 12.9. The number of carbonyl (C=O) groups excluding carboxylic acids is 1. The van der Waals surface area contributed by atoms with E-state index >= 15 is 0 Å². The van der Waals surface area contributed by atoms with E-state index in [9.17, 15) is 17.6 Å².